The lowest BCUT2D eigenvalue weighted by Gasteiger charge is -2.28. The first-order valence-corrected chi connectivity index (χ1v) is 9.52. The number of ether oxygens (including phenoxy) is 2. The summed E-state index contributed by atoms with van der Waals surface area (Å²) in [6, 6.07) is 4.12. The van der Waals surface area contributed by atoms with E-state index in [2.05, 4.69) is 21.5 Å². The molecular formula is C19H28N4O5. The van der Waals surface area contributed by atoms with Crippen LogP contribution in [-0.2, 0) is 4.79 Å². The minimum atomic E-state index is -0.600. The molecule has 2 unspecified atom stereocenters. The molecule has 28 heavy (non-hydrogen) atoms. The lowest BCUT2D eigenvalue weighted by atomic mass is 9.93. The summed E-state index contributed by atoms with van der Waals surface area (Å²) in [6.45, 7) is 0.407. The second-order valence-electron chi connectivity index (χ2n) is 7.13. The summed E-state index contributed by atoms with van der Waals surface area (Å²) in [5, 5.41) is 15.5. The first-order valence-electron chi connectivity index (χ1n) is 9.52. The molecule has 5 N–H and O–H groups in total. The summed E-state index contributed by atoms with van der Waals surface area (Å²) in [5.41, 5.74) is 6.16. The normalized spacial score (nSPS) is 27.1. The molecule has 0 radical (unpaired) electrons. The van der Waals surface area contributed by atoms with E-state index in [1.807, 2.05) is 0 Å². The molecule has 2 aliphatic rings. The first kappa shape index (κ1) is 20.4. The van der Waals surface area contributed by atoms with Crippen LogP contribution in [0.2, 0.25) is 0 Å². The van der Waals surface area contributed by atoms with Crippen LogP contribution in [0.3, 0.4) is 0 Å². The van der Waals surface area contributed by atoms with Crippen LogP contribution in [0.1, 0.15) is 36.0 Å². The van der Waals surface area contributed by atoms with Gasteiger partial charge in [0.25, 0.3) is 5.91 Å². The Labute approximate surface area is 164 Å². The molecule has 1 aliphatic carbocycles. The minimum Gasteiger partial charge on any atom is -0.496 e. The van der Waals surface area contributed by atoms with Gasteiger partial charge in [-0.05, 0) is 37.8 Å². The fourth-order valence-electron chi connectivity index (χ4n) is 3.71. The lowest BCUT2D eigenvalue weighted by Crippen LogP contribution is -2.55. The van der Waals surface area contributed by atoms with Crippen molar-refractivity contribution < 1.29 is 24.2 Å². The standard InChI is InChI=1S/C19H28N4O5/c1-27-14-4-3-5-15(28-2)16(14)18(25)22-13-10-20-23-17(13)19(26)21-11-6-8-12(24)9-7-11/h3-5,11-13,17,20,23-24H,6-10H2,1-2H3,(H,21,26)(H,22,25). The maximum absolute atomic E-state index is 12.9. The van der Waals surface area contributed by atoms with Gasteiger partial charge in [0, 0.05) is 12.6 Å². The number of rotatable bonds is 6. The van der Waals surface area contributed by atoms with Gasteiger partial charge in [0.15, 0.2) is 0 Å². The van der Waals surface area contributed by atoms with Crippen LogP contribution in [0.15, 0.2) is 18.2 Å². The summed E-state index contributed by atoms with van der Waals surface area (Å²) >= 11 is 0. The fourth-order valence-corrected chi connectivity index (χ4v) is 3.71. The molecule has 1 aromatic carbocycles. The number of aliphatic hydroxyl groups is 1. The summed E-state index contributed by atoms with van der Waals surface area (Å²) in [7, 11) is 2.98. The third-order valence-electron chi connectivity index (χ3n) is 5.28. The van der Waals surface area contributed by atoms with Gasteiger partial charge in [-0.15, -0.1) is 0 Å². The highest BCUT2D eigenvalue weighted by Crippen LogP contribution is 2.28. The van der Waals surface area contributed by atoms with Crippen molar-refractivity contribution in [2.45, 2.75) is 49.9 Å². The van der Waals surface area contributed by atoms with Crippen LogP contribution in [0.4, 0.5) is 0 Å². The molecule has 1 aliphatic heterocycles. The Morgan fingerprint density at radius 3 is 2.32 bits per heavy atom. The molecule has 1 saturated heterocycles. The quantitative estimate of drug-likeness (QED) is 0.451. The summed E-state index contributed by atoms with van der Waals surface area (Å²) < 4.78 is 10.6. The average Bonchev–Trinajstić information content (AvgIpc) is 3.17. The van der Waals surface area contributed by atoms with Crippen molar-refractivity contribution in [2.24, 2.45) is 0 Å². The largest absolute Gasteiger partial charge is 0.496 e. The average molecular weight is 392 g/mol. The zero-order chi connectivity index (χ0) is 20.1. The van der Waals surface area contributed by atoms with Crippen LogP contribution in [0.25, 0.3) is 0 Å². The monoisotopic (exact) mass is 392 g/mol. The van der Waals surface area contributed by atoms with Crippen molar-refractivity contribution in [3.05, 3.63) is 23.8 Å². The number of amides is 2. The van der Waals surface area contributed by atoms with Gasteiger partial charge in [0.1, 0.15) is 23.1 Å². The molecule has 0 spiro atoms. The Bertz CT molecular complexity index is 683. The molecule has 1 aromatic rings. The molecule has 9 heteroatoms. The maximum atomic E-state index is 12.9. The van der Waals surface area contributed by atoms with E-state index < -0.39 is 12.1 Å². The van der Waals surface area contributed by atoms with Gasteiger partial charge < -0.3 is 25.2 Å². The number of methoxy groups -OCH3 is 2. The Morgan fingerprint density at radius 1 is 1.07 bits per heavy atom. The Kier molecular flexibility index (Phi) is 6.71. The first-order chi connectivity index (χ1) is 13.5. The Morgan fingerprint density at radius 2 is 1.71 bits per heavy atom. The smallest absolute Gasteiger partial charge is 0.259 e. The molecule has 2 amide bonds. The fraction of sp³-hybridized carbons (Fsp3) is 0.579. The van der Waals surface area contributed by atoms with Gasteiger partial charge in [0.2, 0.25) is 5.91 Å². The highest BCUT2D eigenvalue weighted by atomic mass is 16.5. The second-order valence-corrected chi connectivity index (χ2v) is 7.13. The molecule has 0 aromatic heterocycles. The zero-order valence-electron chi connectivity index (χ0n) is 16.2. The predicted molar refractivity (Wildman–Crippen MR) is 102 cm³/mol. The van der Waals surface area contributed by atoms with Crippen LogP contribution in [0.5, 0.6) is 11.5 Å². The van der Waals surface area contributed by atoms with E-state index in [0.717, 1.165) is 12.8 Å². The van der Waals surface area contributed by atoms with Crippen molar-refractivity contribution in [3.8, 4) is 11.5 Å². The molecule has 3 rings (SSSR count). The summed E-state index contributed by atoms with van der Waals surface area (Å²) in [6.07, 6.45) is 2.61. The number of hydrogen-bond donors (Lipinski definition) is 5. The van der Waals surface area contributed by atoms with E-state index in [-0.39, 0.29) is 24.0 Å². The summed E-state index contributed by atoms with van der Waals surface area (Å²) in [5.74, 6) is 0.252. The maximum Gasteiger partial charge on any atom is 0.259 e. The molecular weight excluding hydrogens is 364 g/mol. The number of hydrazine groups is 1. The number of hydrogen-bond acceptors (Lipinski definition) is 7. The molecule has 0 bridgehead atoms. The third kappa shape index (κ3) is 4.54. The van der Waals surface area contributed by atoms with Gasteiger partial charge in [-0.3, -0.25) is 15.0 Å². The lowest BCUT2D eigenvalue weighted by molar-refractivity contribution is -0.124. The number of benzene rings is 1. The predicted octanol–water partition coefficient (Wildman–Crippen LogP) is -0.302. The summed E-state index contributed by atoms with van der Waals surface area (Å²) in [4.78, 5) is 25.6. The van der Waals surface area contributed by atoms with Gasteiger partial charge in [-0.25, -0.2) is 5.43 Å². The van der Waals surface area contributed by atoms with Gasteiger partial charge >= 0.3 is 0 Å². The topological polar surface area (TPSA) is 121 Å². The van der Waals surface area contributed by atoms with Gasteiger partial charge in [-0.2, -0.15) is 0 Å². The van der Waals surface area contributed by atoms with Crippen molar-refractivity contribution >= 4 is 11.8 Å². The molecule has 2 fully saturated rings. The number of nitrogens with one attached hydrogen (secondary N) is 4. The highest BCUT2D eigenvalue weighted by Gasteiger charge is 2.36. The molecule has 1 saturated carbocycles. The third-order valence-corrected chi connectivity index (χ3v) is 5.28. The van der Waals surface area contributed by atoms with E-state index in [1.165, 1.54) is 14.2 Å². The van der Waals surface area contributed by atoms with E-state index in [4.69, 9.17) is 9.47 Å². The zero-order valence-corrected chi connectivity index (χ0v) is 16.2. The molecule has 2 atom stereocenters. The number of aliphatic hydroxyl groups excluding tert-OH is 1. The molecule has 1 heterocycles. The van der Waals surface area contributed by atoms with Crippen molar-refractivity contribution in [1.82, 2.24) is 21.5 Å². The van der Waals surface area contributed by atoms with E-state index in [1.54, 1.807) is 18.2 Å². The van der Waals surface area contributed by atoms with E-state index >= 15 is 0 Å². The van der Waals surface area contributed by atoms with Crippen molar-refractivity contribution in [1.29, 1.82) is 0 Å². The van der Waals surface area contributed by atoms with E-state index in [0.29, 0.717) is 36.4 Å². The number of carbonyl (C=O) groups excluding carboxylic acids is 2. The SMILES string of the molecule is COc1cccc(OC)c1C(=O)NC1CNNC1C(=O)NC1CCC(O)CC1. The van der Waals surface area contributed by atoms with Crippen LogP contribution >= 0.6 is 0 Å². The van der Waals surface area contributed by atoms with Crippen molar-refractivity contribution in [3.63, 3.8) is 0 Å². The number of carbonyl (C=O) groups is 2. The second kappa shape index (κ2) is 9.22. The highest BCUT2D eigenvalue weighted by molar-refractivity contribution is 6.00. The van der Waals surface area contributed by atoms with Crippen LogP contribution in [0, 0.1) is 0 Å². The van der Waals surface area contributed by atoms with Gasteiger partial charge in [-0.1, -0.05) is 6.07 Å². The van der Waals surface area contributed by atoms with Crippen LogP contribution in [-0.4, -0.2) is 61.9 Å². The van der Waals surface area contributed by atoms with Crippen LogP contribution < -0.4 is 31.0 Å². The minimum absolute atomic E-state index is 0.0453. The molecule has 9 nitrogen and oxygen atoms in total. The Hall–Kier alpha value is -2.36. The van der Waals surface area contributed by atoms with Crippen molar-refractivity contribution in [2.75, 3.05) is 20.8 Å². The Balaban J connectivity index is 1.65. The van der Waals surface area contributed by atoms with E-state index in [9.17, 15) is 14.7 Å². The molecule has 154 valence electrons. The van der Waals surface area contributed by atoms with Gasteiger partial charge in [0.05, 0.1) is 26.4 Å².